The van der Waals surface area contributed by atoms with Gasteiger partial charge < -0.3 is 43.9 Å². The van der Waals surface area contributed by atoms with Crippen LogP contribution in [-0.4, -0.2) is 132 Å². The number of allylic oxidation sites excluding steroid dienone is 6. The second-order valence-electron chi connectivity index (χ2n) is 17.4. The lowest BCUT2D eigenvalue weighted by Crippen LogP contribution is -2.60. The van der Waals surface area contributed by atoms with Crippen molar-refractivity contribution >= 4 is 29.2 Å². The predicted octanol–water partition coefficient (Wildman–Crippen LogP) is 5.20. The van der Waals surface area contributed by atoms with Crippen LogP contribution in [-0.2, 0) is 47.7 Å². The van der Waals surface area contributed by atoms with Crippen LogP contribution in [0.1, 0.15) is 124 Å². The Morgan fingerprint density at radius 3 is 2.34 bits per heavy atom. The molecular formula is C47H71NO13. The van der Waals surface area contributed by atoms with Gasteiger partial charge in [0.15, 0.2) is 5.78 Å². The minimum absolute atomic E-state index is 0.0958. The average molecular weight is 858 g/mol. The third kappa shape index (κ3) is 14.1. The Kier molecular flexibility index (Phi) is 20.2. The molecule has 0 aromatic rings. The molecule has 2 bridgehead atoms. The van der Waals surface area contributed by atoms with Crippen LogP contribution in [0.25, 0.3) is 0 Å². The van der Waals surface area contributed by atoms with Crippen LogP contribution in [0.4, 0.5) is 0 Å². The van der Waals surface area contributed by atoms with E-state index in [4.69, 9.17) is 23.7 Å². The summed E-state index contributed by atoms with van der Waals surface area (Å²) >= 11 is 0. The van der Waals surface area contributed by atoms with Gasteiger partial charge in [0.1, 0.15) is 30.1 Å². The highest BCUT2D eigenvalue weighted by molar-refractivity contribution is 6.39. The molecule has 4 aliphatic rings. The molecule has 0 radical (unpaired) electrons. The molecule has 4 rings (SSSR count). The van der Waals surface area contributed by atoms with Crippen molar-refractivity contribution in [3.05, 3.63) is 47.6 Å². The maximum Gasteiger partial charge on any atom is 0.329 e. The van der Waals surface area contributed by atoms with Crippen molar-refractivity contribution in [2.75, 3.05) is 27.9 Å². The van der Waals surface area contributed by atoms with Gasteiger partial charge in [-0.15, -0.1) is 0 Å². The monoisotopic (exact) mass is 857 g/mol. The fraction of sp³-hybridized carbons (Fsp3) is 0.723. The Labute approximate surface area is 361 Å². The zero-order chi connectivity index (χ0) is 44.7. The van der Waals surface area contributed by atoms with Gasteiger partial charge >= 0.3 is 5.97 Å². The van der Waals surface area contributed by atoms with Crippen molar-refractivity contribution in [2.24, 2.45) is 11.8 Å². The number of nitrogens with zero attached hydrogens (tertiary/aromatic N) is 1. The summed E-state index contributed by atoms with van der Waals surface area (Å²) in [5, 5.41) is 33.3. The number of carbonyl (C=O) groups is 5. The number of cyclic esters (lactones) is 1. The van der Waals surface area contributed by atoms with Crippen molar-refractivity contribution in [1.29, 1.82) is 0 Å². The summed E-state index contributed by atoms with van der Waals surface area (Å²) in [6.45, 7) is 5.30. The molecule has 2 saturated heterocycles. The molecule has 3 N–H and O–H groups in total. The molecule has 1 aliphatic carbocycles. The standard InChI is InChI=1S/C47H71NO13/c1-30-15-11-9-7-8-10-12-17-39(51)43(59-6)42(52)31(2)18-22-34(49)28-35(24-20-33-21-25-38(50)41(27-33)58-5)60-46(55)37-16-13-14-26-48(37)45(54)44(53)47(56)32(3)19-23-36(61-47)29-40(30)57-4/h7-9,11,15,18,32-33,35-38,40-43,50,52,56H,10,12-14,16-17,19-29H2,1-6H3/b8-7+,11-9+,30-15+,31-18+/t32-,33-,35-,36+,37+,38-,40+,41-,42-,43+,47-/m1/s1. The summed E-state index contributed by atoms with van der Waals surface area (Å²) in [7, 11) is 4.50. The lowest BCUT2D eigenvalue weighted by molar-refractivity contribution is -0.265. The lowest BCUT2D eigenvalue weighted by atomic mass is 9.82. The molecule has 11 atom stereocenters. The van der Waals surface area contributed by atoms with Gasteiger partial charge in [-0.25, -0.2) is 4.79 Å². The molecule has 1 amide bonds. The molecule has 0 aromatic carbocycles. The summed E-state index contributed by atoms with van der Waals surface area (Å²) in [4.78, 5) is 70.1. The number of Topliss-reactive ketones (excluding diaryl/α,β-unsaturated/α-hetero) is 3. The maximum atomic E-state index is 14.1. The number of methoxy groups -OCH3 is 3. The molecule has 3 aliphatic heterocycles. The fourth-order valence-electron chi connectivity index (χ4n) is 8.99. The first-order valence-electron chi connectivity index (χ1n) is 22.2. The number of carbonyl (C=O) groups excluding carboxylic acids is 5. The quantitative estimate of drug-likeness (QED) is 0.180. The smallest absolute Gasteiger partial charge is 0.329 e. The highest BCUT2D eigenvalue weighted by Crippen LogP contribution is 2.37. The third-order valence-electron chi connectivity index (χ3n) is 13.1. The zero-order valence-electron chi connectivity index (χ0n) is 37.1. The second kappa shape index (κ2) is 24.5. The molecule has 3 fully saturated rings. The number of aliphatic hydroxyl groups excluding tert-OH is 2. The molecule has 0 spiro atoms. The van der Waals surface area contributed by atoms with Gasteiger partial charge in [0.25, 0.3) is 11.7 Å². The van der Waals surface area contributed by atoms with Gasteiger partial charge in [-0.1, -0.05) is 43.4 Å². The van der Waals surface area contributed by atoms with Gasteiger partial charge in [-0.05, 0) is 108 Å². The first kappa shape index (κ1) is 50.3. The number of ketones is 3. The highest BCUT2D eigenvalue weighted by Gasteiger charge is 2.53. The number of esters is 1. The largest absolute Gasteiger partial charge is 0.460 e. The van der Waals surface area contributed by atoms with E-state index in [1.807, 2.05) is 37.3 Å². The van der Waals surface area contributed by atoms with Crippen molar-refractivity contribution in [1.82, 2.24) is 4.90 Å². The van der Waals surface area contributed by atoms with Gasteiger partial charge in [-0.2, -0.15) is 0 Å². The Balaban J connectivity index is 1.62. The molecule has 3 heterocycles. The summed E-state index contributed by atoms with van der Waals surface area (Å²) < 4.78 is 28.9. The highest BCUT2D eigenvalue weighted by atomic mass is 16.6. The Bertz CT molecular complexity index is 1620. The summed E-state index contributed by atoms with van der Waals surface area (Å²) in [6.07, 6.45) is 12.5. The van der Waals surface area contributed by atoms with Crippen molar-refractivity contribution in [3.8, 4) is 0 Å². The zero-order valence-corrected chi connectivity index (χ0v) is 37.1. The Morgan fingerprint density at radius 1 is 0.852 bits per heavy atom. The minimum Gasteiger partial charge on any atom is -0.460 e. The molecule has 1 saturated carbocycles. The normalized spacial score (nSPS) is 38.0. The third-order valence-corrected chi connectivity index (χ3v) is 13.1. The van der Waals surface area contributed by atoms with Gasteiger partial charge in [0, 0.05) is 59.5 Å². The molecule has 14 nitrogen and oxygen atoms in total. The van der Waals surface area contributed by atoms with Gasteiger partial charge in [-0.3, -0.25) is 19.2 Å². The van der Waals surface area contributed by atoms with E-state index in [2.05, 4.69) is 0 Å². The maximum absolute atomic E-state index is 14.1. The molecule has 342 valence electrons. The van der Waals surface area contributed by atoms with Crippen molar-refractivity contribution < 1.29 is 63.0 Å². The van der Waals surface area contributed by atoms with E-state index in [-0.39, 0.29) is 55.8 Å². The Morgan fingerprint density at radius 2 is 1.62 bits per heavy atom. The molecule has 61 heavy (non-hydrogen) atoms. The van der Waals surface area contributed by atoms with E-state index >= 15 is 0 Å². The molecule has 14 heteroatoms. The van der Waals surface area contributed by atoms with Crippen LogP contribution in [0.3, 0.4) is 0 Å². The van der Waals surface area contributed by atoms with E-state index < -0.39 is 72.0 Å². The van der Waals surface area contributed by atoms with Crippen molar-refractivity contribution in [3.63, 3.8) is 0 Å². The van der Waals surface area contributed by atoms with E-state index in [0.717, 1.165) is 12.0 Å². The number of hydrogen-bond acceptors (Lipinski definition) is 13. The van der Waals surface area contributed by atoms with Crippen LogP contribution in [0.15, 0.2) is 47.6 Å². The van der Waals surface area contributed by atoms with E-state index in [0.29, 0.717) is 76.2 Å². The topological polar surface area (TPSA) is 195 Å². The number of ether oxygens (including phenoxy) is 5. The fourth-order valence-corrected chi connectivity index (χ4v) is 8.99. The lowest BCUT2D eigenvalue weighted by Gasteiger charge is -2.42. The van der Waals surface area contributed by atoms with Crippen LogP contribution in [0.5, 0.6) is 0 Å². The van der Waals surface area contributed by atoms with Gasteiger partial charge in [0.2, 0.25) is 5.79 Å². The van der Waals surface area contributed by atoms with E-state index in [1.165, 1.54) is 12.0 Å². The number of aliphatic hydroxyl groups is 3. The summed E-state index contributed by atoms with van der Waals surface area (Å²) in [5.41, 5.74) is 1.28. The van der Waals surface area contributed by atoms with E-state index in [9.17, 15) is 39.3 Å². The van der Waals surface area contributed by atoms with E-state index in [1.54, 1.807) is 34.1 Å². The first-order chi connectivity index (χ1) is 29.1. The van der Waals surface area contributed by atoms with Gasteiger partial charge in [0.05, 0.1) is 24.4 Å². The SMILES string of the molecule is CO[C@H]1C[C@@H]2CC[C@@H](C)[C@@](O)(O2)C(=O)C(=O)N2CCCC[C@H]2C(=O)O[C@H](CC[C@@H]2CC[C@@H](O)[C@H](OC)C2)CC(=O)C/C=C(\C)[C@@H](O)[C@@H](OC)C(=O)CCC/C=C/C=C/C=C/1C. The minimum atomic E-state index is -2.41. The number of fused-ring (bicyclic) bond motifs is 3. The summed E-state index contributed by atoms with van der Waals surface area (Å²) in [6, 6.07) is -1.12. The van der Waals surface area contributed by atoms with Crippen LogP contribution >= 0.6 is 0 Å². The first-order valence-corrected chi connectivity index (χ1v) is 22.2. The van der Waals surface area contributed by atoms with Crippen LogP contribution < -0.4 is 0 Å². The number of hydrogen-bond donors (Lipinski definition) is 3. The number of piperidine rings is 1. The van der Waals surface area contributed by atoms with Crippen LogP contribution in [0, 0.1) is 11.8 Å². The summed E-state index contributed by atoms with van der Waals surface area (Å²) in [5.74, 6) is -6.38. The van der Waals surface area contributed by atoms with Crippen LogP contribution in [0.2, 0.25) is 0 Å². The predicted molar refractivity (Wildman–Crippen MR) is 227 cm³/mol. The van der Waals surface area contributed by atoms with Crippen molar-refractivity contribution in [2.45, 2.75) is 178 Å². The molecular weight excluding hydrogens is 787 g/mol. The second-order valence-corrected chi connectivity index (χ2v) is 17.4. The Hall–Kier alpha value is -3.37. The number of rotatable bonds is 6. The molecule has 0 aromatic heterocycles. The average Bonchev–Trinajstić information content (AvgIpc) is 3.25. The molecule has 0 unspecified atom stereocenters. The number of amides is 1.